The average molecular weight is 364 g/mol. The lowest BCUT2D eigenvalue weighted by Gasteiger charge is -2.16. The summed E-state index contributed by atoms with van der Waals surface area (Å²) < 4.78 is 14.9. The summed E-state index contributed by atoms with van der Waals surface area (Å²) in [5.74, 6) is -2.16. The van der Waals surface area contributed by atoms with Crippen LogP contribution >= 0.6 is 0 Å². The first-order chi connectivity index (χ1) is 11.7. The monoisotopic (exact) mass is 364 g/mol. The Morgan fingerprint density at radius 1 is 0.720 bits per heavy atom. The number of aliphatic carboxylic acids is 2. The molecule has 3 unspecified atom stereocenters. The van der Waals surface area contributed by atoms with Gasteiger partial charge in [-0.25, -0.2) is 0 Å². The Bertz CT molecular complexity index is 375. The second-order valence-electron chi connectivity index (χ2n) is 5.45. The fourth-order valence-electron chi connectivity index (χ4n) is 1.87. The number of ether oxygens (including phenoxy) is 3. The van der Waals surface area contributed by atoms with E-state index >= 15 is 0 Å². The summed E-state index contributed by atoms with van der Waals surface area (Å²) in [6.07, 6.45) is 1.28. The Labute approximate surface area is 149 Å². The number of hydrogen-bond acceptors (Lipinski definition) is 6. The molecule has 2 N–H and O–H groups in total. The molecule has 0 aromatic rings. The normalized spacial score (nSPS) is 13.8. The third-order valence-electron chi connectivity index (χ3n) is 3.53. The van der Waals surface area contributed by atoms with Crippen LogP contribution in [0.2, 0.25) is 0 Å². The highest BCUT2D eigenvalue weighted by atomic mass is 16.5. The lowest BCUT2D eigenvalue weighted by molar-refractivity contribution is -0.155. The number of rotatable bonds is 12. The Morgan fingerprint density at radius 2 is 1.08 bits per heavy atom. The molecule has 0 aromatic carbocycles. The minimum absolute atomic E-state index is 0.104. The molecule has 3 atom stereocenters. The maximum Gasteiger partial charge on any atom is 0.308 e. The van der Waals surface area contributed by atoms with Crippen molar-refractivity contribution in [2.45, 2.75) is 77.6 Å². The van der Waals surface area contributed by atoms with Gasteiger partial charge in [-0.15, -0.1) is 0 Å². The van der Waals surface area contributed by atoms with Crippen LogP contribution in [-0.4, -0.2) is 60.7 Å². The van der Waals surface area contributed by atoms with E-state index in [1.807, 2.05) is 13.8 Å². The van der Waals surface area contributed by atoms with Gasteiger partial charge in [-0.1, -0.05) is 20.8 Å². The van der Waals surface area contributed by atoms with Gasteiger partial charge in [0.05, 0.1) is 31.5 Å². The first-order valence-corrected chi connectivity index (χ1v) is 8.42. The van der Waals surface area contributed by atoms with E-state index in [-0.39, 0.29) is 31.5 Å². The highest BCUT2D eigenvalue weighted by Crippen LogP contribution is 2.09. The molecule has 8 nitrogen and oxygen atoms in total. The van der Waals surface area contributed by atoms with Crippen molar-refractivity contribution in [2.24, 2.45) is 0 Å². The number of carbonyl (C=O) groups excluding carboxylic acids is 1. The summed E-state index contributed by atoms with van der Waals surface area (Å²) in [4.78, 5) is 31.9. The summed E-state index contributed by atoms with van der Waals surface area (Å²) in [6, 6.07) is 0. The Kier molecular flexibility index (Phi) is 16.2. The van der Waals surface area contributed by atoms with Crippen LogP contribution < -0.4 is 0 Å². The van der Waals surface area contributed by atoms with Crippen molar-refractivity contribution in [2.75, 3.05) is 14.2 Å². The van der Waals surface area contributed by atoms with Crippen LogP contribution in [0, 0.1) is 0 Å². The van der Waals surface area contributed by atoms with Crippen LogP contribution in [0.3, 0.4) is 0 Å². The number of carbonyl (C=O) groups is 3. The van der Waals surface area contributed by atoms with Crippen molar-refractivity contribution >= 4 is 17.9 Å². The summed E-state index contributed by atoms with van der Waals surface area (Å²) in [5, 5.41) is 16.9. The van der Waals surface area contributed by atoms with E-state index < -0.39 is 24.0 Å². The van der Waals surface area contributed by atoms with Crippen molar-refractivity contribution < 1.29 is 38.8 Å². The minimum Gasteiger partial charge on any atom is -0.481 e. The summed E-state index contributed by atoms with van der Waals surface area (Å²) >= 11 is 0. The fraction of sp³-hybridized carbons (Fsp3) is 0.824. The molecule has 148 valence electrons. The molecular formula is C17H32O8. The molecule has 0 heterocycles. The number of methoxy groups -OCH3 is 2. The molecule has 0 aromatic heterocycles. The van der Waals surface area contributed by atoms with Crippen LogP contribution in [0.25, 0.3) is 0 Å². The summed E-state index contributed by atoms with van der Waals surface area (Å²) in [6.45, 7) is 5.60. The third-order valence-corrected chi connectivity index (χ3v) is 3.53. The third kappa shape index (κ3) is 15.6. The van der Waals surface area contributed by atoms with Gasteiger partial charge in [0.25, 0.3) is 0 Å². The van der Waals surface area contributed by atoms with Crippen molar-refractivity contribution in [1.82, 2.24) is 0 Å². The molecule has 0 saturated carbocycles. The zero-order valence-electron chi connectivity index (χ0n) is 15.8. The van der Waals surface area contributed by atoms with Gasteiger partial charge in [0.2, 0.25) is 0 Å². The zero-order chi connectivity index (χ0) is 19.8. The molecule has 25 heavy (non-hydrogen) atoms. The minimum atomic E-state index is -0.960. The largest absolute Gasteiger partial charge is 0.481 e. The van der Waals surface area contributed by atoms with Gasteiger partial charge in [-0.3, -0.25) is 14.4 Å². The lowest BCUT2D eigenvalue weighted by atomic mass is 10.2. The number of esters is 1. The zero-order valence-corrected chi connectivity index (χ0v) is 15.8. The molecule has 0 fully saturated rings. The standard InChI is InChI=1S/C11H20O5.C6H12O3/c1-4-8(15-3)7-11(14)16-9(5-2)6-10(12)13;1-3-5(9-2)4-6(7)8/h8-9H,4-7H2,1-3H3,(H,12,13);5H,3-4H2,1-2H3,(H,7,8). The highest BCUT2D eigenvalue weighted by Gasteiger charge is 2.18. The quantitative estimate of drug-likeness (QED) is 0.507. The van der Waals surface area contributed by atoms with Crippen LogP contribution in [0.4, 0.5) is 0 Å². The van der Waals surface area contributed by atoms with E-state index in [2.05, 4.69) is 0 Å². The van der Waals surface area contributed by atoms with Crippen molar-refractivity contribution in [3.05, 3.63) is 0 Å². The van der Waals surface area contributed by atoms with E-state index in [9.17, 15) is 14.4 Å². The molecule has 0 bridgehead atoms. The van der Waals surface area contributed by atoms with Crippen molar-refractivity contribution in [3.63, 3.8) is 0 Å². The molecule has 0 aliphatic rings. The number of hydrogen-bond donors (Lipinski definition) is 2. The van der Waals surface area contributed by atoms with E-state index in [4.69, 9.17) is 24.4 Å². The Hall–Kier alpha value is -1.67. The van der Waals surface area contributed by atoms with Crippen LogP contribution in [0.1, 0.15) is 59.3 Å². The predicted molar refractivity (Wildman–Crippen MR) is 91.5 cm³/mol. The van der Waals surface area contributed by atoms with Crippen LogP contribution in [0.15, 0.2) is 0 Å². The molecule has 0 spiro atoms. The topological polar surface area (TPSA) is 119 Å². The van der Waals surface area contributed by atoms with Gasteiger partial charge in [-0.05, 0) is 19.3 Å². The Morgan fingerprint density at radius 3 is 1.36 bits per heavy atom. The van der Waals surface area contributed by atoms with Gasteiger partial charge in [0.1, 0.15) is 6.10 Å². The molecule has 8 heteroatoms. The Balaban J connectivity index is 0. The SMILES string of the molecule is CCC(CC(=O)O)OC.CCC(CC(=O)OC(CC)CC(=O)O)OC. The first-order valence-electron chi connectivity index (χ1n) is 8.42. The van der Waals surface area contributed by atoms with Crippen molar-refractivity contribution in [3.8, 4) is 0 Å². The predicted octanol–water partition coefficient (Wildman–Crippen LogP) is 2.48. The second kappa shape index (κ2) is 15.8. The first kappa shape index (κ1) is 25.6. The highest BCUT2D eigenvalue weighted by molar-refractivity contribution is 5.72. The molecular weight excluding hydrogens is 332 g/mol. The smallest absolute Gasteiger partial charge is 0.308 e. The van der Waals surface area contributed by atoms with Gasteiger partial charge in [0, 0.05) is 14.2 Å². The van der Waals surface area contributed by atoms with E-state index in [1.54, 1.807) is 6.92 Å². The van der Waals surface area contributed by atoms with Crippen LogP contribution in [-0.2, 0) is 28.6 Å². The van der Waals surface area contributed by atoms with E-state index in [0.29, 0.717) is 6.42 Å². The van der Waals surface area contributed by atoms with Crippen LogP contribution in [0.5, 0.6) is 0 Å². The molecule has 0 saturated heterocycles. The molecule has 0 rings (SSSR count). The molecule has 0 amide bonds. The molecule has 0 radical (unpaired) electrons. The summed E-state index contributed by atoms with van der Waals surface area (Å²) in [7, 11) is 3.06. The number of carboxylic acid groups (broad SMARTS) is 2. The number of carboxylic acids is 2. The van der Waals surface area contributed by atoms with Gasteiger partial charge in [0.15, 0.2) is 0 Å². The van der Waals surface area contributed by atoms with Crippen molar-refractivity contribution in [1.29, 1.82) is 0 Å². The van der Waals surface area contributed by atoms with Gasteiger partial charge in [-0.2, -0.15) is 0 Å². The maximum absolute atomic E-state index is 11.4. The van der Waals surface area contributed by atoms with Gasteiger partial charge >= 0.3 is 17.9 Å². The average Bonchev–Trinajstić information content (AvgIpc) is 2.56. The fourth-order valence-corrected chi connectivity index (χ4v) is 1.87. The lowest BCUT2D eigenvalue weighted by Crippen LogP contribution is -2.24. The molecule has 0 aliphatic carbocycles. The van der Waals surface area contributed by atoms with Gasteiger partial charge < -0.3 is 24.4 Å². The molecule has 0 aliphatic heterocycles. The van der Waals surface area contributed by atoms with E-state index in [0.717, 1.165) is 12.8 Å². The maximum atomic E-state index is 11.4. The summed E-state index contributed by atoms with van der Waals surface area (Å²) in [5.41, 5.74) is 0. The second-order valence-corrected chi connectivity index (χ2v) is 5.45. The van der Waals surface area contributed by atoms with E-state index in [1.165, 1.54) is 14.2 Å².